The zero-order valence-electron chi connectivity index (χ0n) is 16.5. The molecule has 0 spiro atoms. The van der Waals surface area contributed by atoms with Crippen LogP contribution in [-0.4, -0.2) is 21.9 Å². The van der Waals surface area contributed by atoms with Crippen molar-refractivity contribution in [2.45, 2.75) is 38.5 Å². The van der Waals surface area contributed by atoms with E-state index in [1.165, 1.54) is 6.07 Å². The Morgan fingerprint density at radius 3 is 2.50 bits per heavy atom. The number of aryl methyl sites for hydroxylation is 2. The fourth-order valence-electron chi connectivity index (χ4n) is 3.62. The van der Waals surface area contributed by atoms with Crippen LogP contribution < -0.4 is 10.6 Å². The van der Waals surface area contributed by atoms with E-state index in [9.17, 15) is 18.0 Å². The van der Waals surface area contributed by atoms with Gasteiger partial charge in [0.2, 0.25) is 0 Å². The van der Waals surface area contributed by atoms with E-state index in [4.69, 9.17) is 0 Å². The number of hydrogen-bond donors (Lipinski definition) is 2. The number of nitrogens with zero attached hydrogens (tertiary/aromatic N) is 2. The Morgan fingerprint density at radius 2 is 1.83 bits per heavy atom. The average Bonchev–Trinajstić information content (AvgIpc) is 3.11. The molecule has 2 N–H and O–H groups in total. The number of carbonyl (C=O) groups excluding carboxylic acids is 1. The van der Waals surface area contributed by atoms with Crippen LogP contribution in [0.4, 0.5) is 24.7 Å². The molecule has 0 unspecified atom stereocenters. The monoisotopic (exact) mass is 414 g/mol. The Kier molecular flexibility index (Phi) is 5.01. The Labute approximate surface area is 171 Å². The summed E-state index contributed by atoms with van der Waals surface area (Å²) >= 11 is 0. The van der Waals surface area contributed by atoms with Gasteiger partial charge in [-0.15, -0.1) is 0 Å². The van der Waals surface area contributed by atoms with Gasteiger partial charge in [-0.1, -0.05) is 42.0 Å². The van der Waals surface area contributed by atoms with E-state index in [0.29, 0.717) is 5.69 Å². The van der Waals surface area contributed by atoms with Crippen molar-refractivity contribution in [2.75, 3.05) is 10.6 Å². The van der Waals surface area contributed by atoms with E-state index in [1.807, 2.05) is 44.2 Å². The van der Waals surface area contributed by atoms with Gasteiger partial charge in [0, 0.05) is 18.2 Å². The molecule has 0 saturated carbocycles. The molecule has 30 heavy (non-hydrogen) atoms. The third-order valence-electron chi connectivity index (χ3n) is 5.18. The molecule has 0 saturated heterocycles. The van der Waals surface area contributed by atoms with Gasteiger partial charge < -0.3 is 10.6 Å². The number of rotatable bonds is 3. The zero-order valence-corrected chi connectivity index (χ0v) is 16.5. The predicted octanol–water partition coefficient (Wildman–Crippen LogP) is 5.41. The molecule has 2 heterocycles. The Morgan fingerprint density at radius 1 is 1.10 bits per heavy atom. The summed E-state index contributed by atoms with van der Waals surface area (Å²) in [5.41, 5.74) is 3.23. The first-order valence-electron chi connectivity index (χ1n) is 9.58. The summed E-state index contributed by atoms with van der Waals surface area (Å²) in [6.07, 6.45) is -4.70. The number of hydrogen-bond acceptors (Lipinski definition) is 3. The van der Waals surface area contributed by atoms with Crippen LogP contribution in [0.2, 0.25) is 0 Å². The molecule has 1 amide bonds. The van der Waals surface area contributed by atoms with Crippen molar-refractivity contribution < 1.29 is 18.0 Å². The molecular formula is C22H21F3N4O. The van der Waals surface area contributed by atoms with Crippen molar-refractivity contribution in [2.24, 2.45) is 0 Å². The molecule has 1 aliphatic heterocycles. The molecule has 4 rings (SSSR count). The molecule has 3 aromatic rings. The summed E-state index contributed by atoms with van der Waals surface area (Å²) in [6, 6.07) is 13.5. The van der Waals surface area contributed by atoms with Gasteiger partial charge in [-0.05, 0) is 37.1 Å². The van der Waals surface area contributed by atoms with Gasteiger partial charge >= 0.3 is 6.18 Å². The highest BCUT2D eigenvalue weighted by Crippen LogP contribution is 2.43. The molecule has 1 aliphatic rings. The second kappa shape index (κ2) is 7.51. The van der Waals surface area contributed by atoms with Crippen molar-refractivity contribution in [1.29, 1.82) is 0 Å². The molecule has 0 bridgehead atoms. The fraction of sp³-hybridized carbons (Fsp3) is 0.273. The van der Waals surface area contributed by atoms with Gasteiger partial charge in [-0.2, -0.15) is 18.3 Å². The quantitative estimate of drug-likeness (QED) is 0.602. The SMILES string of the molecule is Cc1ccc([C@H]2C[C@@H](C(F)(F)F)n3nc(C(=O)Nc4cccc(C)c4)cc3N2)cc1. The Balaban J connectivity index is 1.64. The first-order chi connectivity index (χ1) is 14.2. The lowest BCUT2D eigenvalue weighted by Gasteiger charge is -2.33. The van der Waals surface area contributed by atoms with Gasteiger partial charge in [-0.25, -0.2) is 4.68 Å². The van der Waals surface area contributed by atoms with Crippen molar-refractivity contribution >= 4 is 17.4 Å². The second-order valence-electron chi connectivity index (χ2n) is 7.58. The van der Waals surface area contributed by atoms with Gasteiger partial charge in [0.25, 0.3) is 5.91 Å². The minimum atomic E-state index is -4.49. The maximum Gasteiger partial charge on any atom is 0.410 e. The number of amides is 1. The molecule has 5 nitrogen and oxygen atoms in total. The van der Waals surface area contributed by atoms with E-state index < -0.39 is 24.2 Å². The molecule has 0 aliphatic carbocycles. The van der Waals surface area contributed by atoms with E-state index in [-0.39, 0.29) is 17.9 Å². The lowest BCUT2D eigenvalue weighted by atomic mass is 9.96. The molecule has 2 atom stereocenters. The smallest absolute Gasteiger partial charge is 0.363 e. The zero-order chi connectivity index (χ0) is 21.5. The summed E-state index contributed by atoms with van der Waals surface area (Å²) in [5, 5.41) is 9.77. The van der Waals surface area contributed by atoms with Crippen molar-refractivity contribution in [3.8, 4) is 0 Å². The number of halogens is 3. The Bertz CT molecular complexity index is 1070. The van der Waals surface area contributed by atoms with Crippen LogP contribution >= 0.6 is 0 Å². The van der Waals surface area contributed by atoms with Crippen LogP contribution in [0.15, 0.2) is 54.6 Å². The highest BCUT2D eigenvalue weighted by atomic mass is 19.4. The average molecular weight is 414 g/mol. The van der Waals surface area contributed by atoms with Crippen LogP contribution in [0, 0.1) is 13.8 Å². The first kappa shape index (κ1) is 20.0. The maximum atomic E-state index is 13.8. The summed E-state index contributed by atoms with van der Waals surface area (Å²) in [6.45, 7) is 3.80. The third-order valence-corrected chi connectivity index (χ3v) is 5.18. The minimum absolute atomic E-state index is 0.0715. The van der Waals surface area contributed by atoms with Gasteiger partial charge in [0.05, 0.1) is 6.04 Å². The first-order valence-corrected chi connectivity index (χ1v) is 9.58. The summed E-state index contributed by atoms with van der Waals surface area (Å²) in [4.78, 5) is 12.6. The molecular weight excluding hydrogens is 393 g/mol. The lowest BCUT2D eigenvalue weighted by molar-refractivity contribution is -0.173. The van der Waals surface area contributed by atoms with Crippen molar-refractivity contribution in [3.05, 3.63) is 77.0 Å². The van der Waals surface area contributed by atoms with Crippen LogP contribution in [-0.2, 0) is 0 Å². The number of aromatic nitrogens is 2. The van der Waals surface area contributed by atoms with E-state index in [1.54, 1.807) is 18.2 Å². The maximum absolute atomic E-state index is 13.8. The fourth-order valence-corrected chi connectivity index (χ4v) is 3.62. The summed E-state index contributed by atoms with van der Waals surface area (Å²) in [7, 11) is 0. The highest BCUT2D eigenvalue weighted by Gasteiger charge is 2.46. The minimum Gasteiger partial charge on any atom is -0.363 e. The van der Waals surface area contributed by atoms with Crippen molar-refractivity contribution in [1.82, 2.24) is 9.78 Å². The largest absolute Gasteiger partial charge is 0.410 e. The molecule has 2 aromatic carbocycles. The van der Waals surface area contributed by atoms with Crippen LogP contribution in [0.1, 0.15) is 45.7 Å². The lowest BCUT2D eigenvalue weighted by Crippen LogP contribution is -2.35. The van der Waals surface area contributed by atoms with Gasteiger partial charge in [-0.3, -0.25) is 4.79 Å². The molecule has 8 heteroatoms. The summed E-state index contributed by atoms with van der Waals surface area (Å²) < 4.78 is 42.2. The van der Waals surface area contributed by atoms with E-state index >= 15 is 0 Å². The van der Waals surface area contributed by atoms with Crippen LogP contribution in [0.5, 0.6) is 0 Å². The van der Waals surface area contributed by atoms with E-state index in [0.717, 1.165) is 21.4 Å². The summed E-state index contributed by atoms with van der Waals surface area (Å²) in [5.74, 6) is -0.388. The standard InChI is InChI=1S/C22H21F3N4O/c1-13-6-8-15(9-7-13)17-11-19(22(23,24)25)29-20(27-17)12-18(28-29)21(30)26-16-5-3-4-14(2)10-16/h3-10,12,17,19,27H,11H2,1-2H3,(H,26,30)/t17-,19+/m1/s1. The molecule has 0 radical (unpaired) electrons. The third kappa shape index (κ3) is 4.03. The number of anilines is 2. The van der Waals surface area contributed by atoms with E-state index in [2.05, 4.69) is 15.7 Å². The number of carbonyl (C=O) groups is 1. The van der Waals surface area contributed by atoms with Gasteiger partial charge in [0.1, 0.15) is 5.82 Å². The number of alkyl halides is 3. The number of benzene rings is 2. The molecule has 0 fully saturated rings. The highest BCUT2D eigenvalue weighted by molar-refractivity contribution is 6.03. The molecule has 156 valence electrons. The van der Waals surface area contributed by atoms with Gasteiger partial charge in [0.15, 0.2) is 11.7 Å². The molecule has 1 aromatic heterocycles. The van der Waals surface area contributed by atoms with Crippen molar-refractivity contribution in [3.63, 3.8) is 0 Å². The number of fused-ring (bicyclic) bond motifs is 1. The predicted molar refractivity (Wildman–Crippen MR) is 109 cm³/mol. The van der Waals surface area contributed by atoms with Crippen LogP contribution in [0.25, 0.3) is 0 Å². The Hall–Kier alpha value is -3.29. The second-order valence-corrected chi connectivity index (χ2v) is 7.58. The van der Waals surface area contributed by atoms with Crippen LogP contribution in [0.3, 0.4) is 0 Å². The number of nitrogens with one attached hydrogen (secondary N) is 2. The normalized spacial score (nSPS) is 18.4. The topological polar surface area (TPSA) is 59.0 Å².